The van der Waals surface area contributed by atoms with Crippen LogP contribution in [0.2, 0.25) is 5.02 Å². The van der Waals surface area contributed by atoms with Crippen LogP contribution in [-0.4, -0.2) is 48.6 Å². The number of ether oxygens (including phenoxy) is 2. The maximum absolute atomic E-state index is 13.0. The molecule has 0 aromatic heterocycles. The maximum Gasteiger partial charge on any atom is 0.295 e. The highest BCUT2D eigenvalue weighted by Gasteiger charge is 2.46. The summed E-state index contributed by atoms with van der Waals surface area (Å²) in [4.78, 5) is 27.3. The van der Waals surface area contributed by atoms with Gasteiger partial charge < -0.3 is 19.5 Å². The number of aliphatic hydroxyl groups excluding tert-OH is 1. The van der Waals surface area contributed by atoms with Crippen LogP contribution in [0.3, 0.4) is 0 Å². The topological polar surface area (TPSA) is 76.1 Å². The van der Waals surface area contributed by atoms with Crippen molar-refractivity contribution in [1.29, 1.82) is 0 Å². The van der Waals surface area contributed by atoms with E-state index in [4.69, 9.17) is 21.1 Å². The molecule has 2 aromatic rings. The summed E-state index contributed by atoms with van der Waals surface area (Å²) in [5, 5.41) is 11.7. The maximum atomic E-state index is 13.0. The van der Waals surface area contributed by atoms with Crippen LogP contribution in [-0.2, 0) is 14.3 Å². The summed E-state index contributed by atoms with van der Waals surface area (Å²) in [6.07, 6.45) is 0. The summed E-state index contributed by atoms with van der Waals surface area (Å²) in [6.45, 7) is 7.00. The van der Waals surface area contributed by atoms with Crippen molar-refractivity contribution in [2.24, 2.45) is 5.92 Å². The Morgan fingerprint density at radius 1 is 1.16 bits per heavy atom. The quantitative estimate of drug-likeness (QED) is 0.351. The Hall–Kier alpha value is -2.83. The Morgan fingerprint density at radius 3 is 2.44 bits per heavy atom. The number of ketones is 1. The molecule has 0 radical (unpaired) electrons. The van der Waals surface area contributed by atoms with E-state index in [1.807, 2.05) is 13.0 Å². The van der Waals surface area contributed by atoms with E-state index in [1.54, 1.807) is 36.4 Å². The van der Waals surface area contributed by atoms with Crippen molar-refractivity contribution in [3.8, 4) is 5.75 Å². The van der Waals surface area contributed by atoms with Crippen LogP contribution in [0.4, 0.5) is 0 Å². The number of benzene rings is 2. The molecule has 3 rings (SSSR count). The first-order valence-electron chi connectivity index (χ1n) is 10.5. The number of aliphatic hydroxyl groups is 1. The van der Waals surface area contributed by atoms with Gasteiger partial charge >= 0.3 is 0 Å². The highest BCUT2D eigenvalue weighted by atomic mass is 35.5. The number of Topliss-reactive ketones (excluding diaryl/α,β-unsaturated/α-hetero) is 1. The van der Waals surface area contributed by atoms with Gasteiger partial charge in [0.2, 0.25) is 0 Å². The number of likely N-dealkylation sites (tertiary alicyclic amines) is 1. The molecule has 1 aliphatic heterocycles. The zero-order chi connectivity index (χ0) is 23.4. The number of carbonyl (C=O) groups excluding carboxylic acids is 2. The lowest BCUT2D eigenvalue weighted by atomic mass is 9.94. The molecule has 6 nitrogen and oxygen atoms in total. The number of halogens is 1. The summed E-state index contributed by atoms with van der Waals surface area (Å²) in [7, 11) is 1.53. The highest BCUT2D eigenvalue weighted by Crippen LogP contribution is 2.40. The molecule has 1 amide bonds. The van der Waals surface area contributed by atoms with Gasteiger partial charge in [0.15, 0.2) is 0 Å². The van der Waals surface area contributed by atoms with E-state index < -0.39 is 17.7 Å². The third-order valence-electron chi connectivity index (χ3n) is 5.30. The summed E-state index contributed by atoms with van der Waals surface area (Å²) >= 11 is 6.03. The second-order valence-electron chi connectivity index (χ2n) is 8.22. The first kappa shape index (κ1) is 23.8. The Kier molecular flexibility index (Phi) is 7.59. The molecule has 0 saturated carbocycles. The largest absolute Gasteiger partial charge is 0.507 e. The van der Waals surface area contributed by atoms with Crippen molar-refractivity contribution in [2.75, 3.05) is 26.9 Å². The molecule has 1 heterocycles. The smallest absolute Gasteiger partial charge is 0.295 e. The number of methoxy groups -OCH3 is 1. The number of nitrogens with zero attached hydrogens (tertiary/aromatic N) is 1. The third kappa shape index (κ3) is 4.97. The molecule has 1 saturated heterocycles. The van der Waals surface area contributed by atoms with Crippen LogP contribution in [0.1, 0.15) is 36.6 Å². The van der Waals surface area contributed by atoms with E-state index in [2.05, 4.69) is 13.8 Å². The molecular formula is C25H28ClNO5. The fourth-order valence-corrected chi connectivity index (χ4v) is 3.82. The third-order valence-corrected chi connectivity index (χ3v) is 5.55. The lowest BCUT2D eigenvalue weighted by Crippen LogP contribution is -2.32. The fourth-order valence-electron chi connectivity index (χ4n) is 3.69. The molecule has 170 valence electrons. The summed E-state index contributed by atoms with van der Waals surface area (Å²) in [5.41, 5.74) is 1.94. The predicted octanol–water partition coefficient (Wildman–Crippen LogP) is 4.75. The van der Waals surface area contributed by atoms with E-state index >= 15 is 0 Å². The van der Waals surface area contributed by atoms with Crippen molar-refractivity contribution in [3.63, 3.8) is 0 Å². The van der Waals surface area contributed by atoms with E-state index in [0.29, 0.717) is 34.4 Å². The minimum atomic E-state index is -0.737. The molecule has 7 heteroatoms. The van der Waals surface area contributed by atoms with Crippen molar-refractivity contribution < 1.29 is 24.2 Å². The molecule has 0 spiro atoms. The van der Waals surface area contributed by atoms with E-state index in [-0.39, 0.29) is 24.5 Å². The van der Waals surface area contributed by atoms with Gasteiger partial charge in [-0.2, -0.15) is 0 Å². The fraction of sp³-hybridized carbons (Fsp3) is 0.360. The van der Waals surface area contributed by atoms with Gasteiger partial charge in [0.1, 0.15) is 11.5 Å². The minimum Gasteiger partial charge on any atom is -0.507 e. The van der Waals surface area contributed by atoms with Gasteiger partial charge in [-0.3, -0.25) is 9.59 Å². The van der Waals surface area contributed by atoms with Crippen LogP contribution >= 0.6 is 11.6 Å². The van der Waals surface area contributed by atoms with Crippen molar-refractivity contribution in [2.45, 2.75) is 26.8 Å². The Bertz CT molecular complexity index is 1030. The molecule has 1 fully saturated rings. The van der Waals surface area contributed by atoms with Crippen LogP contribution in [0, 0.1) is 12.8 Å². The Balaban J connectivity index is 2.07. The normalized spacial score (nSPS) is 17.9. The lowest BCUT2D eigenvalue weighted by molar-refractivity contribution is -0.140. The van der Waals surface area contributed by atoms with Crippen LogP contribution < -0.4 is 4.74 Å². The van der Waals surface area contributed by atoms with Gasteiger partial charge in [0, 0.05) is 24.2 Å². The van der Waals surface area contributed by atoms with Gasteiger partial charge in [0.05, 0.1) is 24.8 Å². The average molecular weight is 458 g/mol. The Morgan fingerprint density at radius 2 is 1.84 bits per heavy atom. The standard InChI is InChI=1S/C25H28ClNO5/c1-15(2)14-32-19-9-10-20(16(3)13-19)23(28)21-22(17-5-7-18(26)8-6-17)27(11-12-31-4)25(30)24(21)29/h5-10,13,15,22,28H,11-12,14H2,1-4H3/b23-21+. The van der Waals surface area contributed by atoms with Gasteiger partial charge in [-0.05, 0) is 54.3 Å². The molecular weight excluding hydrogens is 430 g/mol. The molecule has 1 unspecified atom stereocenters. The number of hydrogen-bond donors (Lipinski definition) is 1. The monoisotopic (exact) mass is 457 g/mol. The van der Waals surface area contributed by atoms with Crippen LogP contribution in [0.15, 0.2) is 48.0 Å². The zero-order valence-electron chi connectivity index (χ0n) is 18.7. The van der Waals surface area contributed by atoms with Gasteiger partial charge in [-0.25, -0.2) is 0 Å². The molecule has 1 atom stereocenters. The van der Waals surface area contributed by atoms with Crippen molar-refractivity contribution in [3.05, 3.63) is 69.8 Å². The number of hydrogen-bond acceptors (Lipinski definition) is 5. The summed E-state index contributed by atoms with van der Waals surface area (Å²) in [6, 6.07) is 11.4. The molecule has 1 aliphatic rings. The predicted molar refractivity (Wildman–Crippen MR) is 124 cm³/mol. The van der Waals surface area contributed by atoms with E-state index in [9.17, 15) is 14.7 Å². The first-order valence-corrected chi connectivity index (χ1v) is 10.9. The Labute approximate surface area is 193 Å². The number of carbonyl (C=O) groups is 2. The molecule has 0 bridgehead atoms. The van der Waals surface area contributed by atoms with Crippen LogP contribution in [0.5, 0.6) is 5.75 Å². The summed E-state index contributed by atoms with van der Waals surface area (Å²) < 4.78 is 10.9. The van der Waals surface area contributed by atoms with Crippen molar-refractivity contribution >= 4 is 29.1 Å². The van der Waals surface area contributed by atoms with Gasteiger partial charge in [-0.15, -0.1) is 0 Å². The van der Waals surface area contributed by atoms with E-state index in [1.165, 1.54) is 12.0 Å². The summed E-state index contributed by atoms with van der Waals surface area (Å²) in [5.74, 6) is -0.541. The zero-order valence-corrected chi connectivity index (χ0v) is 19.5. The molecule has 2 aromatic carbocycles. The minimum absolute atomic E-state index is 0.0485. The SMILES string of the molecule is COCCN1C(=O)C(=O)/C(=C(/O)c2ccc(OCC(C)C)cc2C)C1c1ccc(Cl)cc1. The number of rotatable bonds is 8. The number of aryl methyl sites for hydroxylation is 1. The molecule has 32 heavy (non-hydrogen) atoms. The van der Waals surface area contributed by atoms with Gasteiger partial charge in [0.25, 0.3) is 11.7 Å². The van der Waals surface area contributed by atoms with Crippen LogP contribution in [0.25, 0.3) is 5.76 Å². The first-order chi connectivity index (χ1) is 15.2. The van der Waals surface area contributed by atoms with Crippen molar-refractivity contribution in [1.82, 2.24) is 4.90 Å². The highest BCUT2D eigenvalue weighted by molar-refractivity contribution is 6.46. The average Bonchev–Trinajstić information content (AvgIpc) is 3.01. The molecule has 0 aliphatic carbocycles. The number of amides is 1. The second kappa shape index (κ2) is 10.2. The second-order valence-corrected chi connectivity index (χ2v) is 8.65. The lowest BCUT2D eigenvalue weighted by Gasteiger charge is -2.25. The molecule has 1 N–H and O–H groups in total. The van der Waals surface area contributed by atoms with E-state index in [0.717, 1.165) is 5.56 Å². The van der Waals surface area contributed by atoms with Gasteiger partial charge in [-0.1, -0.05) is 37.6 Å².